The number of ether oxygens (including phenoxy) is 3. The third kappa shape index (κ3) is 23.5. The molecule has 1 aliphatic rings. The van der Waals surface area contributed by atoms with Crippen molar-refractivity contribution in [2.24, 2.45) is 0 Å². The van der Waals surface area contributed by atoms with Crippen LogP contribution in [0.15, 0.2) is 0 Å². The molecule has 1 fully saturated rings. The first-order chi connectivity index (χ1) is 11.5. The Labute approximate surface area is 144 Å². The fourth-order valence-corrected chi connectivity index (χ4v) is 1.34. The first kappa shape index (κ1) is 24.4. The maximum atomic E-state index is 10.6. The molecule has 1 aliphatic heterocycles. The third-order valence-corrected chi connectivity index (χ3v) is 2.18. The average molecular weight is 365 g/mol. The molecule has 0 aromatic carbocycles. The van der Waals surface area contributed by atoms with E-state index in [1.807, 2.05) is 0 Å². The largest absolute Gasteiger partial charge is 0.503 e. The van der Waals surface area contributed by atoms with Crippen molar-refractivity contribution in [1.82, 2.24) is 5.32 Å². The molecule has 0 spiro atoms. The maximum Gasteiger partial charge on any atom is 0.503 e. The van der Waals surface area contributed by atoms with Crippen molar-refractivity contribution in [3.8, 4) is 0 Å². The van der Waals surface area contributed by atoms with Gasteiger partial charge in [0.1, 0.15) is 13.2 Å². The Morgan fingerprint density at radius 2 is 1.44 bits per heavy atom. The Kier molecular flexibility index (Phi) is 14.4. The molecule has 0 saturated carbocycles. The summed E-state index contributed by atoms with van der Waals surface area (Å²) < 4.78 is 14.0. The number of hydrogen-bond acceptors (Lipinski definition) is 8. The second-order valence-electron chi connectivity index (χ2n) is 4.57. The SMILES string of the molecule is CC(=O)OCC(COC(C)=O)OC(C)=O.O=C(O)O.O=C1CCCN1. The Morgan fingerprint density at radius 3 is 1.64 bits per heavy atom. The summed E-state index contributed by atoms with van der Waals surface area (Å²) in [5.41, 5.74) is 0. The lowest BCUT2D eigenvalue weighted by atomic mass is 10.4. The van der Waals surface area contributed by atoms with E-state index in [9.17, 15) is 19.2 Å². The van der Waals surface area contributed by atoms with Crippen LogP contribution in [-0.2, 0) is 33.4 Å². The van der Waals surface area contributed by atoms with Gasteiger partial charge in [-0.1, -0.05) is 0 Å². The van der Waals surface area contributed by atoms with Gasteiger partial charge in [0.15, 0.2) is 6.10 Å². The second kappa shape index (κ2) is 14.7. The highest BCUT2D eigenvalue weighted by Gasteiger charge is 2.15. The summed E-state index contributed by atoms with van der Waals surface area (Å²) in [4.78, 5) is 50.3. The van der Waals surface area contributed by atoms with Crippen LogP contribution in [0.1, 0.15) is 33.6 Å². The predicted octanol–water partition coefficient (Wildman–Crippen LogP) is 0.163. The number of nitrogens with one attached hydrogen (secondary N) is 1. The van der Waals surface area contributed by atoms with Crippen molar-refractivity contribution < 1.29 is 48.4 Å². The lowest BCUT2D eigenvalue weighted by molar-refractivity contribution is -0.163. The van der Waals surface area contributed by atoms with Crippen molar-refractivity contribution in [3.05, 3.63) is 0 Å². The first-order valence-electron chi connectivity index (χ1n) is 7.17. The molecule has 11 heteroatoms. The zero-order valence-corrected chi connectivity index (χ0v) is 14.3. The number of carbonyl (C=O) groups is 5. The van der Waals surface area contributed by atoms with E-state index >= 15 is 0 Å². The van der Waals surface area contributed by atoms with Crippen LogP contribution in [-0.4, -0.2) is 66.0 Å². The number of carbonyl (C=O) groups excluding carboxylic acids is 4. The van der Waals surface area contributed by atoms with Gasteiger partial charge in [0.2, 0.25) is 5.91 Å². The number of amides is 1. The predicted molar refractivity (Wildman–Crippen MR) is 81.7 cm³/mol. The zero-order chi connectivity index (χ0) is 19.8. The molecule has 1 rings (SSSR count). The normalized spacial score (nSPS) is 11.8. The van der Waals surface area contributed by atoms with Crippen LogP contribution in [0.25, 0.3) is 0 Å². The van der Waals surface area contributed by atoms with Gasteiger partial charge >= 0.3 is 24.1 Å². The van der Waals surface area contributed by atoms with Crippen LogP contribution >= 0.6 is 0 Å². The van der Waals surface area contributed by atoms with E-state index in [1.54, 1.807) is 0 Å². The molecule has 0 aliphatic carbocycles. The minimum Gasteiger partial charge on any atom is -0.462 e. The average Bonchev–Trinajstić information content (AvgIpc) is 2.92. The lowest BCUT2D eigenvalue weighted by Crippen LogP contribution is -2.29. The topological polar surface area (TPSA) is 166 Å². The number of esters is 3. The van der Waals surface area contributed by atoms with Crippen LogP contribution in [0.3, 0.4) is 0 Å². The van der Waals surface area contributed by atoms with Crippen molar-refractivity contribution in [1.29, 1.82) is 0 Å². The Bertz CT molecular complexity index is 433. The fourth-order valence-electron chi connectivity index (χ4n) is 1.34. The Hall–Kier alpha value is -2.85. The van der Waals surface area contributed by atoms with E-state index in [-0.39, 0.29) is 19.1 Å². The highest BCUT2D eigenvalue weighted by atomic mass is 16.6. The van der Waals surface area contributed by atoms with Gasteiger partial charge in [0.05, 0.1) is 0 Å². The molecule has 3 N–H and O–H groups in total. The molecule has 1 amide bonds. The van der Waals surface area contributed by atoms with Gasteiger partial charge in [0, 0.05) is 33.7 Å². The maximum absolute atomic E-state index is 10.6. The van der Waals surface area contributed by atoms with E-state index < -0.39 is 30.2 Å². The lowest BCUT2D eigenvalue weighted by Gasteiger charge is -2.15. The van der Waals surface area contributed by atoms with Gasteiger partial charge < -0.3 is 29.7 Å². The first-order valence-corrected chi connectivity index (χ1v) is 7.17. The van der Waals surface area contributed by atoms with Crippen LogP contribution in [0, 0.1) is 0 Å². The minimum atomic E-state index is -1.83. The monoisotopic (exact) mass is 365 g/mol. The van der Waals surface area contributed by atoms with E-state index in [0.29, 0.717) is 0 Å². The Morgan fingerprint density at radius 1 is 1.00 bits per heavy atom. The number of carboxylic acid groups (broad SMARTS) is 2. The Balaban J connectivity index is 0. The molecule has 25 heavy (non-hydrogen) atoms. The summed E-state index contributed by atoms with van der Waals surface area (Å²) >= 11 is 0. The number of hydrogen-bond donors (Lipinski definition) is 3. The molecule has 0 atom stereocenters. The van der Waals surface area contributed by atoms with Crippen LogP contribution in [0.4, 0.5) is 4.79 Å². The molecular weight excluding hydrogens is 342 g/mol. The molecular formula is C14H23NO10. The van der Waals surface area contributed by atoms with Crippen LogP contribution in [0.5, 0.6) is 0 Å². The molecule has 1 saturated heterocycles. The molecule has 0 radical (unpaired) electrons. The highest BCUT2D eigenvalue weighted by Crippen LogP contribution is 1.97. The van der Waals surface area contributed by atoms with Crippen molar-refractivity contribution in [2.75, 3.05) is 19.8 Å². The van der Waals surface area contributed by atoms with E-state index in [4.69, 9.17) is 19.7 Å². The third-order valence-electron chi connectivity index (χ3n) is 2.18. The van der Waals surface area contributed by atoms with Gasteiger partial charge in [-0.15, -0.1) is 0 Å². The van der Waals surface area contributed by atoms with Gasteiger partial charge in [-0.25, -0.2) is 4.79 Å². The smallest absolute Gasteiger partial charge is 0.462 e. The molecule has 0 aromatic heterocycles. The van der Waals surface area contributed by atoms with Gasteiger partial charge in [-0.2, -0.15) is 0 Å². The molecule has 144 valence electrons. The fraction of sp³-hybridized carbons (Fsp3) is 0.643. The summed E-state index contributed by atoms with van der Waals surface area (Å²) in [5, 5.41) is 16.6. The van der Waals surface area contributed by atoms with Crippen LogP contribution in [0.2, 0.25) is 0 Å². The highest BCUT2D eigenvalue weighted by molar-refractivity contribution is 5.77. The van der Waals surface area contributed by atoms with Crippen molar-refractivity contribution in [2.45, 2.75) is 39.7 Å². The standard InChI is InChI=1S/C9H14O6.C4H7NO.CH2O3/c1-6(10)13-4-9(15-8(3)12)5-14-7(2)11;6-4-2-1-3-5-4;2-1(3)4/h9H,4-5H2,1-3H3;1-3H2,(H,5,6);(H2,2,3,4). The summed E-state index contributed by atoms with van der Waals surface area (Å²) in [7, 11) is 0. The molecule has 0 bridgehead atoms. The number of rotatable bonds is 5. The molecule has 11 nitrogen and oxygen atoms in total. The zero-order valence-electron chi connectivity index (χ0n) is 14.3. The van der Waals surface area contributed by atoms with Gasteiger partial charge in [0.25, 0.3) is 0 Å². The molecule has 1 heterocycles. The van der Waals surface area contributed by atoms with Gasteiger partial charge in [-0.05, 0) is 6.42 Å². The molecule has 0 unspecified atom stereocenters. The van der Waals surface area contributed by atoms with E-state index in [0.717, 1.165) is 19.4 Å². The summed E-state index contributed by atoms with van der Waals surface area (Å²) in [5.74, 6) is -1.31. The van der Waals surface area contributed by atoms with Crippen LogP contribution < -0.4 is 5.32 Å². The summed E-state index contributed by atoms with van der Waals surface area (Å²) in [6.45, 7) is 4.32. The van der Waals surface area contributed by atoms with Crippen molar-refractivity contribution >= 4 is 30.0 Å². The quantitative estimate of drug-likeness (QED) is 0.451. The van der Waals surface area contributed by atoms with Gasteiger partial charge in [-0.3, -0.25) is 19.2 Å². The molecule has 0 aromatic rings. The summed E-state index contributed by atoms with van der Waals surface area (Å²) in [6, 6.07) is 0. The minimum absolute atomic E-state index is 0.123. The second-order valence-corrected chi connectivity index (χ2v) is 4.57. The van der Waals surface area contributed by atoms with Crippen molar-refractivity contribution in [3.63, 3.8) is 0 Å². The van der Waals surface area contributed by atoms with E-state index in [2.05, 4.69) is 14.8 Å². The van der Waals surface area contributed by atoms with E-state index in [1.165, 1.54) is 20.8 Å². The summed E-state index contributed by atoms with van der Waals surface area (Å²) in [6.07, 6.45) is -0.825.